The Bertz CT molecular complexity index is 915. The van der Waals surface area contributed by atoms with E-state index in [1.165, 1.54) is 6.33 Å². The summed E-state index contributed by atoms with van der Waals surface area (Å²) in [4.78, 5) is 33.7. The zero-order chi connectivity index (χ0) is 17.3. The maximum atomic E-state index is 12.4. The lowest BCUT2D eigenvalue weighted by Gasteiger charge is -2.13. The minimum absolute atomic E-state index is 0.0997. The van der Waals surface area contributed by atoms with Gasteiger partial charge in [-0.25, -0.2) is 9.78 Å². The molecule has 0 aliphatic heterocycles. The number of aromatic amines is 2. The third kappa shape index (κ3) is 3.26. The summed E-state index contributed by atoms with van der Waals surface area (Å²) in [5.41, 5.74) is 2.40. The van der Waals surface area contributed by atoms with Crippen LogP contribution in [0.15, 0.2) is 30.6 Å². The van der Waals surface area contributed by atoms with E-state index >= 15 is 0 Å². The predicted octanol–water partition coefficient (Wildman–Crippen LogP) is 2.28. The van der Waals surface area contributed by atoms with Crippen molar-refractivity contribution in [1.82, 2.24) is 20.3 Å². The Hall–Kier alpha value is -2.80. The molecule has 1 amide bonds. The van der Waals surface area contributed by atoms with Gasteiger partial charge in [-0.3, -0.25) is 4.79 Å². The Balaban J connectivity index is 1.79. The van der Waals surface area contributed by atoms with Crippen LogP contribution in [0.3, 0.4) is 0 Å². The van der Waals surface area contributed by atoms with Gasteiger partial charge >= 0.3 is 5.97 Å². The van der Waals surface area contributed by atoms with Gasteiger partial charge in [-0.2, -0.15) is 0 Å². The van der Waals surface area contributed by atoms with Crippen LogP contribution >= 0.6 is 11.6 Å². The van der Waals surface area contributed by atoms with E-state index in [9.17, 15) is 14.7 Å². The molecule has 0 fully saturated rings. The molecular weight excluding hydrogens is 332 g/mol. The number of carboxylic acid groups (broad SMARTS) is 1. The number of imidazole rings is 1. The SMILES string of the molecule is Cc1[nH]cnc1CC(NC(=O)c1cc2cc(Cl)ccc2[nH]1)C(=O)O. The lowest BCUT2D eigenvalue weighted by Crippen LogP contribution is -2.42. The average Bonchev–Trinajstić information content (AvgIpc) is 3.12. The van der Waals surface area contributed by atoms with E-state index < -0.39 is 17.9 Å². The number of fused-ring (bicyclic) bond motifs is 1. The number of hydrogen-bond donors (Lipinski definition) is 4. The highest BCUT2D eigenvalue weighted by atomic mass is 35.5. The van der Waals surface area contributed by atoms with Crippen LogP contribution in [-0.2, 0) is 11.2 Å². The highest BCUT2D eigenvalue weighted by Gasteiger charge is 2.23. The van der Waals surface area contributed by atoms with Gasteiger partial charge in [0.1, 0.15) is 11.7 Å². The van der Waals surface area contributed by atoms with Crippen molar-refractivity contribution in [1.29, 1.82) is 0 Å². The number of H-pyrrole nitrogens is 2. The fourth-order valence-corrected chi connectivity index (χ4v) is 2.63. The number of halogens is 1. The number of amides is 1. The van der Waals surface area contributed by atoms with Crippen molar-refractivity contribution in [3.63, 3.8) is 0 Å². The zero-order valence-corrected chi connectivity index (χ0v) is 13.5. The number of carbonyl (C=O) groups excluding carboxylic acids is 1. The number of aliphatic carboxylic acids is 1. The summed E-state index contributed by atoms with van der Waals surface area (Å²) >= 11 is 5.93. The predicted molar refractivity (Wildman–Crippen MR) is 89.2 cm³/mol. The molecule has 0 aliphatic rings. The molecule has 0 saturated carbocycles. The first-order valence-electron chi connectivity index (χ1n) is 7.25. The molecule has 0 radical (unpaired) electrons. The Labute approximate surface area is 142 Å². The Morgan fingerprint density at radius 3 is 2.83 bits per heavy atom. The van der Waals surface area contributed by atoms with E-state index in [0.717, 1.165) is 16.6 Å². The van der Waals surface area contributed by atoms with Gasteiger partial charge in [-0.15, -0.1) is 0 Å². The van der Waals surface area contributed by atoms with Crippen LogP contribution in [-0.4, -0.2) is 38.0 Å². The largest absolute Gasteiger partial charge is 0.480 e. The number of hydrogen-bond acceptors (Lipinski definition) is 3. The lowest BCUT2D eigenvalue weighted by molar-refractivity contribution is -0.139. The highest BCUT2D eigenvalue weighted by molar-refractivity contribution is 6.31. The van der Waals surface area contributed by atoms with E-state index in [1.54, 1.807) is 31.2 Å². The van der Waals surface area contributed by atoms with Gasteiger partial charge in [0.05, 0.1) is 12.0 Å². The summed E-state index contributed by atoms with van der Waals surface area (Å²) in [5.74, 6) is -1.62. The molecule has 3 aromatic rings. The van der Waals surface area contributed by atoms with E-state index in [2.05, 4.69) is 20.3 Å². The summed E-state index contributed by atoms with van der Waals surface area (Å²) in [5, 5.41) is 13.2. The number of aryl methyl sites for hydroxylation is 1. The molecule has 7 nitrogen and oxygen atoms in total. The van der Waals surface area contributed by atoms with Crippen molar-refractivity contribution in [2.24, 2.45) is 0 Å². The summed E-state index contributed by atoms with van der Waals surface area (Å²) in [6, 6.07) is 5.76. The highest BCUT2D eigenvalue weighted by Crippen LogP contribution is 2.20. The number of nitrogens with zero attached hydrogens (tertiary/aromatic N) is 1. The van der Waals surface area contributed by atoms with Crippen LogP contribution in [0, 0.1) is 6.92 Å². The molecule has 1 aromatic carbocycles. The number of aromatic nitrogens is 3. The molecule has 0 aliphatic carbocycles. The number of carboxylic acids is 1. The Kier molecular flexibility index (Phi) is 4.26. The first kappa shape index (κ1) is 16.1. The van der Waals surface area contributed by atoms with E-state index in [0.29, 0.717) is 10.7 Å². The second kappa shape index (κ2) is 6.37. The van der Waals surface area contributed by atoms with E-state index in [1.807, 2.05) is 0 Å². The van der Waals surface area contributed by atoms with Gasteiger partial charge in [-0.1, -0.05) is 11.6 Å². The van der Waals surface area contributed by atoms with Crippen LogP contribution in [0.5, 0.6) is 0 Å². The van der Waals surface area contributed by atoms with Crippen LogP contribution in [0.2, 0.25) is 5.02 Å². The van der Waals surface area contributed by atoms with Gasteiger partial charge < -0.3 is 20.4 Å². The molecule has 4 N–H and O–H groups in total. The van der Waals surface area contributed by atoms with E-state index in [4.69, 9.17) is 11.6 Å². The van der Waals surface area contributed by atoms with Crippen molar-refractivity contribution in [2.45, 2.75) is 19.4 Å². The summed E-state index contributed by atoms with van der Waals surface area (Å²) in [6.07, 6.45) is 1.59. The first-order chi connectivity index (χ1) is 11.4. The summed E-state index contributed by atoms with van der Waals surface area (Å²) < 4.78 is 0. The maximum Gasteiger partial charge on any atom is 0.326 e. The smallest absolute Gasteiger partial charge is 0.326 e. The molecule has 24 heavy (non-hydrogen) atoms. The van der Waals surface area contributed by atoms with Gasteiger partial charge in [0.15, 0.2) is 0 Å². The van der Waals surface area contributed by atoms with Crippen LogP contribution in [0.4, 0.5) is 0 Å². The minimum Gasteiger partial charge on any atom is -0.480 e. The molecule has 0 saturated heterocycles. The minimum atomic E-state index is -1.12. The van der Waals surface area contributed by atoms with Crippen molar-refractivity contribution in [3.05, 3.63) is 52.7 Å². The normalized spacial score (nSPS) is 12.2. The molecule has 1 atom stereocenters. The third-order valence-electron chi connectivity index (χ3n) is 3.76. The molecule has 2 heterocycles. The molecule has 1 unspecified atom stereocenters. The van der Waals surface area contributed by atoms with Crippen LogP contribution in [0.25, 0.3) is 10.9 Å². The van der Waals surface area contributed by atoms with Gasteiger partial charge in [-0.05, 0) is 31.2 Å². The molecule has 8 heteroatoms. The van der Waals surface area contributed by atoms with Gasteiger partial charge in [0.25, 0.3) is 5.91 Å². The number of benzene rings is 1. The van der Waals surface area contributed by atoms with Crippen molar-refractivity contribution < 1.29 is 14.7 Å². The summed E-state index contributed by atoms with van der Waals surface area (Å²) in [6.45, 7) is 1.80. The Morgan fingerprint density at radius 2 is 2.17 bits per heavy atom. The molecule has 3 rings (SSSR count). The fraction of sp³-hybridized carbons (Fsp3) is 0.188. The monoisotopic (exact) mass is 346 g/mol. The lowest BCUT2D eigenvalue weighted by atomic mass is 10.1. The number of carbonyl (C=O) groups is 2. The summed E-state index contributed by atoms with van der Waals surface area (Å²) in [7, 11) is 0. The molecule has 2 aromatic heterocycles. The zero-order valence-electron chi connectivity index (χ0n) is 12.8. The van der Waals surface area contributed by atoms with Gasteiger partial charge in [0, 0.05) is 28.0 Å². The molecule has 0 spiro atoms. The second-order valence-corrected chi connectivity index (χ2v) is 5.89. The quantitative estimate of drug-likeness (QED) is 0.568. The average molecular weight is 347 g/mol. The second-order valence-electron chi connectivity index (χ2n) is 5.46. The topological polar surface area (TPSA) is 111 Å². The van der Waals surface area contributed by atoms with Crippen molar-refractivity contribution in [2.75, 3.05) is 0 Å². The first-order valence-corrected chi connectivity index (χ1v) is 7.62. The molecular formula is C16H15ClN4O3. The molecule has 0 bridgehead atoms. The standard InChI is InChI=1S/C16H15ClN4O3/c1-8-12(19-7-18-8)6-14(16(23)24)21-15(22)13-5-9-4-10(17)2-3-11(9)20-13/h2-5,7,14,20H,6H2,1H3,(H,18,19)(H,21,22)(H,23,24). The maximum absolute atomic E-state index is 12.4. The Morgan fingerprint density at radius 1 is 1.38 bits per heavy atom. The third-order valence-corrected chi connectivity index (χ3v) is 4.00. The van der Waals surface area contributed by atoms with Gasteiger partial charge in [0.2, 0.25) is 0 Å². The fourth-order valence-electron chi connectivity index (χ4n) is 2.45. The van der Waals surface area contributed by atoms with Crippen LogP contribution in [0.1, 0.15) is 21.9 Å². The molecule has 124 valence electrons. The van der Waals surface area contributed by atoms with Crippen molar-refractivity contribution in [3.8, 4) is 0 Å². The van der Waals surface area contributed by atoms with Crippen molar-refractivity contribution >= 4 is 34.4 Å². The number of rotatable bonds is 5. The van der Waals surface area contributed by atoms with Crippen LogP contribution < -0.4 is 5.32 Å². The van der Waals surface area contributed by atoms with E-state index in [-0.39, 0.29) is 12.1 Å². The number of nitrogens with one attached hydrogen (secondary N) is 3.